The van der Waals surface area contributed by atoms with Gasteiger partial charge in [-0.2, -0.15) is 0 Å². The van der Waals surface area contributed by atoms with E-state index in [4.69, 9.17) is 11.6 Å². The summed E-state index contributed by atoms with van der Waals surface area (Å²) in [5.74, 6) is -0.337. The van der Waals surface area contributed by atoms with Gasteiger partial charge in [-0.3, -0.25) is 4.90 Å². The second-order valence-corrected chi connectivity index (χ2v) is 6.11. The van der Waals surface area contributed by atoms with Crippen LogP contribution >= 0.6 is 11.6 Å². The van der Waals surface area contributed by atoms with Gasteiger partial charge in [-0.1, -0.05) is 23.7 Å². The number of benzene rings is 1. The lowest BCUT2D eigenvalue weighted by atomic mass is 9.98. The summed E-state index contributed by atoms with van der Waals surface area (Å²) in [5.41, 5.74) is 0.952. The van der Waals surface area contributed by atoms with Gasteiger partial charge in [0.1, 0.15) is 5.82 Å². The van der Waals surface area contributed by atoms with Gasteiger partial charge in [-0.15, -0.1) is 0 Å². The van der Waals surface area contributed by atoms with E-state index < -0.39 is 0 Å². The molecule has 0 bridgehead atoms. The lowest BCUT2D eigenvalue weighted by Gasteiger charge is -2.43. The standard InChI is InChI=1S/C14H20ClFN2/c1-10-7-17-14(2,3)9-18(10)8-11-5-4-6-12(16)13(11)15/h4-6,10,17H,7-9H2,1-3H3. The molecule has 4 heteroatoms. The molecule has 1 atom stereocenters. The van der Waals surface area contributed by atoms with Crippen LogP contribution in [0.25, 0.3) is 0 Å². The molecule has 100 valence electrons. The molecule has 1 fully saturated rings. The van der Waals surface area contributed by atoms with Gasteiger partial charge < -0.3 is 5.32 Å². The maximum Gasteiger partial charge on any atom is 0.142 e. The molecule has 1 unspecified atom stereocenters. The van der Waals surface area contributed by atoms with Crippen LogP contribution in [0.4, 0.5) is 4.39 Å². The molecule has 0 aromatic heterocycles. The molecule has 0 saturated carbocycles. The van der Waals surface area contributed by atoms with Crippen LogP contribution < -0.4 is 5.32 Å². The summed E-state index contributed by atoms with van der Waals surface area (Å²) in [6.45, 7) is 9.11. The van der Waals surface area contributed by atoms with Crippen molar-refractivity contribution < 1.29 is 4.39 Å². The van der Waals surface area contributed by atoms with E-state index in [0.717, 1.165) is 18.7 Å². The number of hydrogen-bond donors (Lipinski definition) is 1. The van der Waals surface area contributed by atoms with Crippen LogP contribution in [0.3, 0.4) is 0 Å². The average molecular weight is 271 g/mol. The number of nitrogens with zero attached hydrogens (tertiary/aromatic N) is 1. The van der Waals surface area contributed by atoms with Gasteiger partial charge in [0.15, 0.2) is 0 Å². The Kier molecular flexibility index (Phi) is 3.95. The van der Waals surface area contributed by atoms with Crippen LogP contribution in [0.15, 0.2) is 18.2 Å². The fourth-order valence-electron chi connectivity index (χ4n) is 2.37. The minimum Gasteiger partial charge on any atom is -0.309 e. The zero-order valence-electron chi connectivity index (χ0n) is 11.1. The smallest absolute Gasteiger partial charge is 0.142 e. The fraction of sp³-hybridized carbons (Fsp3) is 0.571. The highest BCUT2D eigenvalue weighted by Gasteiger charge is 2.30. The normalized spacial score (nSPS) is 24.2. The van der Waals surface area contributed by atoms with Gasteiger partial charge in [-0.05, 0) is 32.4 Å². The third kappa shape index (κ3) is 3.02. The molecule has 0 amide bonds. The quantitative estimate of drug-likeness (QED) is 0.889. The molecule has 1 aromatic rings. The zero-order chi connectivity index (χ0) is 13.3. The summed E-state index contributed by atoms with van der Waals surface area (Å²) < 4.78 is 13.4. The summed E-state index contributed by atoms with van der Waals surface area (Å²) in [7, 11) is 0. The molecule has 1 saturated heterocycles. The molecule has 0 aliphatic carbocycles. The van der Waals surface area contributed by atoms with Crippen LogP contribution in [0.5, 0.6) is 0 Å². The lowest BCUT2D eigenvalue weighted by molar-refractivity contribution is 0.0977. The van der Waals surface area contributed by atoms with E-state index >= 15 is 0 Å². The van der Waals surface area contributed by atoms with Crippen molar-refractivity contribution in [1.29, 1.82) is 0 Å². The summed E-state index contributed by atoms with van der Waals surface area (Å²) in [6, 6.07) is 5.44. The van der Waals surface area contributed by atoms with Crippen molar-refractivity contribution in [3.63, 3.8) is 0 Å². The number of nitrogens with one attached hydrogen (secondary N) is 1. The van der Waals surface area contributed by atoms with Gasteiger partial charge >= 0.3 is 0 Å². The molecule has 1 N–H and O–H groups in total. The van der Waals surface area contributed by atoms with Crippen LogP contribution in [0.2, 0.25) is 5.02 Å². The predicted octanol–water partition coefficient (Wildman–Crippen LogP) is 3.05. The first-order valence-electron chi connectivity index (χ1n) is 6.31. The molecule has 1 aliphatic heterocycles. The lowest BCUT2D eigenvalue weighted by Crippen LogP contribution is -2.60. The van der Waals surface area contributed by atoms with Gasteiger partial charge in [0.2, 0.25) is 0 Å². The zero-order valence-corrected chi connectivity index (χ0v) is 11.9. The maximum absolute atomic E-state index is 13.4. The topological polar surface area (TPSA) is 15.3 Å². The summed E-state index contributed by atoms with van der Waals surface area (Å²) in [5, 5.41) is 3.75. The van der Waals surface area contributed by atoms with Gasteiger partial charge in [-0.25, -0.2) is 4.39 Å². The maximum atomic E-state index is 13.4. The van der Waals surface area contributed by atoms with Gasteiger partial charge in [0.25, 0.3) is 0 Å². The Labute approximate surface area is 113 Å². The van der Waals surface area contributed by atoms with Crippen molar-refractivity contribution in [3.05, 3.63) is 34.6 Å². The Morgan fingerprint density at radius 1 is 1.50 bits per heavy atom. The number of halogens is 2. The predicted molar refractivity (Wildman–Crippen MR) is 73.4 cm³/mol. The Morgan fingerprint density at radius 3 is 2.94 bits per heavy atom. The molecular formula is C14H20ClFN2. The summed E-state index contributed by atoms with van der Waals surface area (Å²) in [4.78, 5) is 2.34. The largest absolute Gasteiger partial charge is 0.309 e. The molecule has 0 spiro atoms. The van der Waals surface area contributed by atoms with E-state index in [2.05, 4.69) is 31.0 Å². The minimum absolute atomic E-state index is 0.0896. The highest BCUT2D eigenvalue weighted by atomic mass is 35.5. The second-order valence-electron chi connectivity index (χ2n) is 5.73. The van der Waals surface area contributed by atoms with Crippen LogP contribution in [-0.2, 0) is 6.54 Å². The van der Waals surface area contributed by atoms with Crippen molar-refractivity contribution >= 4 is 11.6 Å². The first-order chi connectivity index (χ1) is 8.39. The molecule has 1 heterocycles. The van der Waals surface area contributed by atoms with E-state index in [1.54, 1.807) is 6.07 Å². The summed E-state index contributed by atoms with van der Waals surface area (Å²) >= 11 is 6.01. The average Bonchev–Trinajstić information content (AvgIpc) is 2.29. The van der Waals surface area contributed by atoms with Crippen LogP contribution in [-0.4, -0.2) is 29.6 Å². The molecule has 1 aromatic carbocycles. The molecule has 0 radical (unpaired) electrons. The van der Waals surface area contributed by atoms with Crippen molar-refractivity contribution in [2.45, 2.75) is 38.9 Å². The third-order valence-corrected chi connectivity index (χ3v) is 3.93. The number of piperazine rings is 1. The Bertz CT molecular complexity index is 434. The molecule has 2 rings (SSSR count). The number of hydrogen-bond acceptors (Lipinski definition) is 2. The van der Waals surface area contributed by atoms with E-state index in [0.29, 0.717) is 12.6 Å². The van der Waals surface area contributed by atoms with E-state index in [9.17, 15) is 4.39 Å². The Hall–Kier alpha value is -0.640. The molecule has 18 heavy (non-hydrogen) atoms. The molecular weight excluding hydrogens is 251 g/mol. The van der Waals surface area contributed by atoms with E-state index in [1.807, 2.05) is 6.07 Å². The minimum atomic E-state index is -0.337. The fourth-order valence-corrected chi connectivity index (χ4v) is 2.56. The van der Waals surface area contributed by atoms with Crippen molar-refractivity contribution in [3.8, 4) is 0 Å². The first kappa shape index (κ1) is 13.8. The van der Waals surface area contributed by atoms with Crippen molar-refractivity contribution in [2.75, 3.05) is 13.1 Å². The highest BCUT2D eigenvalue weighted by molar-refractivity contribution is 6.31. The van der Waals surface area contributed by atoms with Gasteiger partial charge in [0.05, 0.1) is 5.02 Å². The SMILES string of the molecule is CC1CNC(C)(C)CN1Cc1cccc(F)c1Cl. The Morgan fingerprint density at radius 2 is 2.22 bits per heavy atom. The highest BCUT2D eigenvalue weighted by Crippen LogP contribution is 2.24. The summed E-state index contributed by atoms with van der Waals surface area (Å²) in [6.07, 6.45) is 0. The van der Waals surface area contributed by atoms with Crippen LogP contribution in [0, 0.1) is 5.82 Å². The van der Waals surface area contributed by atoms with E-state index in [1.165, 1.54) is 6.07 Å². The third-order valence-electron chi connectivity index (χ3n) is 3.50. The molecule has 2 nitrogen and oxygen atoms in total. The monoisotopic (exact) mass is 270 g/mol. The van der Waals surface area contributed by atoms with E-state index in [-0.39, 0.29) is 16.4 Å². The second kappa shape index (κ2) is 5.16. The van der Waals surface area contributed by atoms with Crippen molar-refractivity contribution in [2.24, 2.45) is 0 Å². The molecule has 1 aliphatic rings. The first-order valence-corrected chi connectivity index (χ1v) is 6.69. The number of rotatable bonds is 2. The Balaban J connectivity index is 2.15. The van der Waals surface area contributed by atoms with Crippen molar-refractivity contribution in [1.82, 2.24) is 10.2 Å². The van der Waals surface area contributed by atoms with Gasteiger partial charge in [0, 0.05) is 31.2 Å². The van der Waals surface area contributed by atoms with Crippen LogP contribution in [0.1, 0.15) is 26.3 Å².